The Hall–Kier alpha value is -1.67. The lowest BCUT2D eigenvalue weighted by atomic mass is 10.2. The van der Waals surface area contributed by atoms with Gasteiger partial charge < -0.3 is 10.1 Å². The van der Waals surface area contributed by atoms with Crippen LogP contribution in [-0.4, -0.2) is 13.2 Å². The quantitative estimate of drug-likeness (QED) is 0.817. The van der Waals surface area contributed by atoms with Crippen molar-refractivity contribution in [3.63, 3.8) is 0 Å². The minimum atomic E-state index is 0.621. The molecule has 0 heterocycles. The van der Waals surface area contributed by atoms with Crippen LogP contribution in [0.4, 0.5) is 5.69 Å². The highest BCUT2D eigenvalue weighted by Crippen LogP contribution is 2.15. The maximum absolute atomic E-state index is 5.90. The van der Waals surface area contributed by atoms with Crippen LogP contribution in [0.25, 0.3) is 0 Å². The van der Waals surface area contributed by atoms with Crippen molar-refractivity contribution in [3.8, 4) is 5.75 Å². The van der Waals surface area contributed by atoms with Gasteiger partial charge in [-0.3, -0.25) is 0 Å². The summed E-state index contributed by atoms with van der Waals surface area (Å²) in [6.45, 7) is 3.42. The number of halogens is 1. The van der Waals surface area contributed by atoms with E-state index >= 15 is 0 Å². The molecule has 0 bridgehead atoms. The van der Waals surface area contributed by atoms with Crippen molar-refractivity contribution in [2.24, 2.45) is 0 Å². The zero-order valence-corrected chi connectivity index (χ0v) is 11.1. The van der Waals surface area contributed by atoms with E-state index in [9.17, 15) is 0 Å². The van der Waals surface area contributed by atoms with E-state index in [-0.39, 0.29) is 0 Å². The van der Waals surface area contributed by atoms with Gasteiger partial charge in [0.25, 0.3) is 0 Å². The second-order valence-corrected chi connectivity index (χ2v) is 4.54. The first-order valence-corrected chi connectivity index (χ1v) is 6.31. The molecule has 0 spiro atoms. The van der Waals surface area contributed by atoms with E-state index in [0.717, 1.165) is 23.0 Å². The van der Waals surface area contributed by atoms with E-state index in [2.05, 4.69) is 12.2 Å². The summed E-state index contributed by atoms with van der Waals surface area (Å²) in [4.78, 5) is 0. The second kappa shape index (κ2) is 6.31. The molecule has 0 saturated heterocycles. The van der Waals surface area contributed by atoms with Gasteiger partial charge in [0, 0.05) is 17.3 Å². The van der Waals surface area contributed by atoms with Gasteiger partial charge in [0.1, 0.15) is 12.4 Å². The van der Waals surface area contributed by atoms with Crippen molar-refractivity contribution >= 4 is 17.3 Å². The van der Waals surface area contributed by atoms with Gasteiger partial charge in [-0.25, -0.2) is 0 Å². The lowest BCUT2D eigenvalue weighted by Crippen LogP contribution is -2.11. The number of ether oxygens (including phenoxy) is 1. The summed E-state index contributed by atoms with van der Waals surface area (Å²) in [5, 5.41) is 3.99. The maximum atomic E-state index is 5.90. The summed E-state index contributed by atoms with van der Waals surface area (Å²) in [5.41, 5.74) is 2.24. The number of nitrogens with one attached hydrogen (secondary N) is 1. The molecule has 94 valence electrons. The number of rotatable bonds is 5. The van der Waals surface area contributed by atoms with E-state index in [0.29, 0.717) is 6.61 Å². The van der Waals surface area contributed by atoms with Gasteiger partial charge in [0.15, 0.2) is 0 Å². The fourth-order valence-electron chi connectivity index (χ4n) is 1.60. The summed E-state index contributed by atoms with van der Waals surface area (Å²) in [6.07, 6.45) is 0. The van der Waals surface area contributed by atoms with E-state index < -0.39 is 0 Å². The van der Waals surface area contributed by atoms with E-state index in [1.807, 2.05) is 48.5 Å². The Morgan fingerprint density at radius 3 is 2.61 bits per heavy atom. The molecule has 18 heavy (non-hydrogen) atoms. The minimum absolute atomic E-state index is 0.621. The normalized spacial score (nSPS) is 10.1. The summed E-state index contributed by atoms with van der Waals surface area (Å²) in [6, 6.07) is 15.7. The standard InChI is InChI=1S/C15H16ClNO/c1-12-5-7-15(8-6-12)18-10-9-17-14-4-2-3-13(16)11-14/h2-8,11,17H,9-10H2,1H3. The number of aryl methyl sites for hydroxylation is 1. The van der Waals surface area contributed by atoms with Gasteiger partial charge in [0.2, 0.25) is 0 Å². The lowest BCUT2D eigenvalue weighted by Gasteiger charge is -2.09. The molecule has 0 radical (unpaired) electrons. The fraction of sp³-hybridized carbons (Fsp3) is 0.200. The van der Waals surface area contributed by atoms with Crippen molar-refractivity contribution in [2.75, 3.05) is 18.5 Å². The molecule has 2 rings (SSSR count). The summed E-state index contributed by atoms with van der Waals surface area (Å²) in [5.74, 6) is 0.897. The lowest BCUT2D eigenvalue weighted by molar-refractivity contribution is 0.333. The Labute approximate surface area is 113 Å². The first kappa shape index (κ1) is 12.8. The van der Waals surface area contributed by atoms with Crippen LogP contribution in [0.15, 0.2) is 48.5 Å². The largest absolute Gasteiger partial charge is 0.492 e. The van der Waals surface area contributed by atoms with Crippen LogP contribution in [0, 0.1) is 6.92 Å². The SMILES string of the molecule is Cc1ccc(OCCNc2cccc(Cl)c2)cc1. The average Bonchev–Trinajstić information content (AvgIpc) is 2.37. The molecule has 2 aromatic rings. The van der Waals surface area contributed by atoms with E-state index in [4.69, 9.17) is 16.3 Å². The minimum Gasteiger partial charge on any atom is -0.492 e. The Morgan fingerprint density at radius 1 is 1.11 bits per heavy atom. The fourth-order valence-corrected chi connectivity index (χ4v) is 1.79. The molecule has 0 fully saturated rings. The summed E-state index contributed by atoms with van der Waals surface area (Å²) >= 11 is 5.90. The molecule has 1 N–H and O–H groups in total. The van der Waals surface area contributed by atoms with Crippen molar-refractivity contribution < 1.29 is 4.74 Å². The van der Waals surface area contributed by atoms with Crippen LogP contribution >= 0.6 is 11.6 Å². The van der Waals surface area contributed by atoms with Crippen molar-refractivity contribution in [1.29, 1.82) is 0 Å². The maximum Gasteiger partial charge on any atom is 0.119 e. The number of anilines is 1. The van der Waals surface area contributed by atoms with Crippen molar-refractivity contribution in [3.05, 3.63) is 59.1 Å². The summed E-state index contributed by atoms with van der Waals surface area (Å²) in [7, 11) is 0. The molecule has 0 aromatic heterocycles. The molecule has 0 aliphatic carbocycles. The Bertz CT molecular complexity index is 496. The topological polar surface area (TPSA) is 21.3 Å². The third-order valence-corrected chi connectivity index (χ3v) is 2.78. The Morgan fingerprint density at radius 2 is 1.89 bits per heavy atom. The molecule has 0 atom stereocenters. The van der Waals surface area contributed by atoms with E-state index in [1.54, 1.807) is 0 Å². The Balaban J connectivity index is 1.74. The van der Waals surface area contributed by atoms with Crippen LogP contribution < -0.4 is 10.1 Å². The highest BCUT2D eigenvalue weighted by atomic mass is 35.5. The van der Waals surface area contributed by atoms with Gasteiger partial charge in [-0.1, -0.05) is 35.4 Å². The third kappa shape index (κ3) is 3.97. The van der Waals surface area contributed by atoms with Crippen molar-refractivity contribution in [2.45, 2.75) is 6.92 Å². The highest BCUT2D eigenvalue weighted by Gasteiger charge is 1.95. The molecule has 0 aliphatic rings. The van der Waals surface area contributed by atoms with Crippen molar-refractivity contribution in [1.82, 2.24) is 0 Å². The molecule has 3 heteroatoms. The van der Waals surface area contributed by atoms with Gasteiger partial charge in [0.05, 0.1) is 0 Å². The molecule has 2 aromatic carbocycles. The Kier molecular flexibility index (Phi) is 4.48. The predicted molar refractivity (Wildman–Crippen MR) is 76.6 cm³/mol. The zero-order valence-electron chi connectivity index (χ0n) is 10.3. The molecule has 0 amide bonds. The smallest absolute Gasteiger partial charge is 0.119 e. The molecule has 0 aliphatic heterocycles. The monoisotopic (exact) mass is 261 g/mol. The highest BCUT2D eigenvalue weighted by molar-refractivity contribution is 6.30. The van der Waals surface area contributed by atoms with Crippen LogP contribution in [0.1, 0.15) is 5.56 Å². The van der Waals surface area contributed by atoms with Gasteiger partial charge in [-0.15, -0.1) is 0 Å². The van der Waals surface area contributed by atoms with Gasteiger partial charge in [-0.05, 0) is 37.3 Å². The van der Waals surface area contributed by atoms with Crippen LogP contribution in [-0.2, 0) is 0 Å². The average molecular weight is 262 g/mol. The van der Waals surface area contributed by atoms with Gasteiger partial charge in [-0.2, -0.15) is 0 Å². The van der Waals surface area contributed by atoms with Crippen LogP contribution in [0.5, 0.6) is 5.75 Å². The molecular weight excluding hydrogens is 246 g/mol. The first-order chi connectivity index (χ1) is 8.74. The number of benzene rings is 2. The molecule has 0 unspecified atom stereocenters. The zero-order chi connectivity index (χ0) is 12.8. The van der Waals surface area contributed by atoms with Gasteiger partial charge >= 0.3 is 0 Å². The van der Waals surface area contributed by atoms with E-state index in [1.165, 1.54) is 5.56 Å². The third-order valence-electron chi connectivity index (χ3n) is 2.55. The molecular formula is C15H16ClNO. The molecule has 2 nitrogen and oxygen atoms in total. The van der Waals surface area contributed by atoms with Crippen LogP contribution in [0.2, 0.25) is 5.02 Å². The molecule has 0 saturated carbocycles. The predicted octanol–water partition coefficient (Wildman–Crippen LogP) is 4.14. The van der Waals surface area contributed by atoms with Crippen LogP contribution in [0.3, 0.4) is 0 Å². The second-order valence-electron chi connectivity index (χ2n) is 4.10. The first-order valence-electron chi connectivity index (χ1n) is 5.93. The number of hydrogen-bond donors (Lipinski definition) is 1. The summed E-state index contributed by atoms with van der Waals surface area (Å²) < 4.78 is 5.62. The number of hydrogen-bond acceptors (Lipinski definition) is 2.